The highest BCUT2D eigenvalue weighted by atomic mass is 35.5. The molecule has 0 heterocycles. The van der Waals surface area contributed by atoms with Crippen LogP contribution in [0.15, 0.2) is 53.4 Å². The summed E-state index contributed by atoms with van der Waals surface area (Å²) in [6.07, 6.45) is 0. The number of ether oxygens (including phenoxy) is 1. The molecule has 1 N–H and O–H groups in total. The highest BCUT2D eigenvalue weighted by molar-refractivity contribution is 8.00. The molecule has 4 nitrogen and oxygen atoms in total. The predicted molar refractivity (Wildman–Crippen MR) is 93.2 cm³/mol. The van der Waals surface area contributed by atoms with Crippen LogP contribution >= 0.6 is 23.4 Å². The van der Waals surface area contributed by atoms with Crippen molar-refractivity contribution >= 4 is 40.9 Å². The Morgan fingerprint density at radius 3 is 2.26 bits per heavy atom. The lowest BCUT2D eigenvalue weighted by Crippen LogP contribution is -2.22. The lowest BCUT2D eigenvalue weighted by atomic mass is 10.2. The first-order chi connectivity index (χ1) is 11.0. The van der Waals surface area contributed by atoms with Gasteiger partial charge in [0.25, 0.3) is 0 Å². The molecule has 1 amide bonds. The lowest BCUT2D eigenvalue weighted by molar-refractivity contribution is -0.115. The largest absolute Gasteiger partial charge is 0.465 e. The van der Waals surface area contributed by atoms with Gasteiger partial charge in [0, 0.05) is 15.6 Å². The van der Waals surface area contributed by atoms with Crippen LogP contribution in [0.4, 0.5) is 5.69 Å². The topological polar surface area (TPSA) is 55.4 Å². The van der Waals surface area contributed by atoms with Crippen molar-refractivity contribution in [2.24, 2.45) is 0 Å². The normalized spacial score (nSPS) is 11.6. The molecule has 23 heavy (non-hydrogen) atoms. The number of esters is 1. The van der Waals surface area contributed by atoms with Gasteiger partial charge in [-0.3, -0.25) is 4.79 Å². The van der Waals surface area contributed by atoms with Crippen molar-refractivity contribution in [2.75, 3.05) is 12.4 Å². The molecule has 0 fully saturated rings. The molecule has 0 aliphatic heterocycles. The van der Waals surface area contributed by atoms with Crippen LogP contribution in [0.3, 0.4) is 0 Å². The molecule has 6 heteroatoms. The Hall–Kier alpha value is -1.98. The van der Waals surface area contributed by atoms with E-state index in [1.807, 2.05) is 19.1 Å². The number of carbonyl (C=O) groups is 2. The summed E-state index contributed by atoms with van der Waals surface area (Å²) in [7, 11) is 1.33. The maximum absolute atomic E-state index is 12.2. The first-order valence-corrected chi connectivity index (χ1v) is 8.17. The van der Waals surface area contributed by atoms with Crippen molar-refractivity contribution < 1.29 is 14.3 Å². The van der Waals surface area contributed by atoms with Crippen LogP contribution in [0.25, 0.3) is 0 Å². The third-order valence-corrected chi connectivity index (χ3v) is 4.43. The summed E-state index contributed by atoms with van der Waals surface area (Å²) >= 11 is 7.29. The number of methoxy groups -OCH3 is 1. The first-order valence-electron chi connectivity index (χ1n) is 6.91. The number of carbonyl (C=O) groups excluding carboxylic acids is 2. The molecule has 2 aromatic rings. The molecule has 0 saturated heterocycles. The zero-order valence-corrected chi connectivity index (χ0v) is 14.3. The van der Waals surface area contributed by atoms with Crippen molar-refractivity contribution in [3.05, 3.63) is 59.1 Å². The molecule has 1 atom stereocenters. The van der Waals surface area contributed by atoms with Crippen molar-refractivity contribution in [3.8, 4) is 0 Å². The second-order valence-corrected chi connectivity index (χ2v) is 6.62. The van der Waals surface area contributed by atoms with Gasteiger partial charge in [-0.25, -0.2) is 4.79 Å². The van der Waals surface area contributed by atoms with Gasteiger partial charge < -0.3 is 10.1 Å². The number of benzene rings is 2. The number of amides is 1. The molecular weight excluding hydrogens is 334 g/mol. The fourth-order valence-electron chi connectivity index (χ4n) is 1.82. The number of hydrogen-bond acceptors (Lipinski definition) is 4. The summed E-state index contributed by atoms with van der Waals surface area (Å²) in [5.41, 5.74) is 1.07. The van der Waals surface area contributed by atoms with Gasteiger partial charge in [0.15, 0.2) is 0 Å². The second kappa shape index (κ2) is 8.04. The molecule has 0 saturated carbocycles. The van der Waals surface area contributed by atoms with Gasteiger partial charge >= 0.3 is 5.97 Å². The van der Waals surface area contributed by atoms with E-state index >= 15 is 0 Å². The average Bonchev–Trinajstić information content (AvgIpc) is 2.56. The lowest BCUT2D eigenvalue weighted by Gasteiger charge is -2.12. The molecule has 0 bridgehead atoms. The molecule has 2 rings (SSSR count). The Balaban J connectivity index is 1.95. The van der Waals surface area contributed by atoms with Crippen molar-refractivity contribution in [2.45, 2.75) is 17.1 Å². The average molecular weight is 350 g/mol. The van der Waals surface area contributed by atoms with E-state index in [4.69, 9.17) is 11.6 Å². The van der Waals surface area contributed by atoms with Crippen molar-refractivity contribution in [1.82, 2.24) is 0 Å². The van der Waals surface area contributed by atoms with E-state index in [-0.39, 0.29) is 11.2 Å². The Morgan fingerprint density at radius 2 is 1.70 bits per heavy atom. The van der Waals surface area contributed by atoms with Gasteiger partial charge in [-0.15, -0.1) is 11.8 Å². The van der Waals surface area contributed by atoms with E-state index in [2.05, 4.69) is 10.1 Å². The van der Waals surface area contributed by atoms with Gasteiger partial charge in [-0.05, 0) is 55.5 Å². The number of anilines is 1. The molecule has 2 aromatic carbocycles. The minimum atomic E-state index is -0.408. The molecular formula is C17H16ClNO3S. The monoisotopic (exact) mass is 349 g/mol. The van der Waals surface area contributed by atoms with Crippen LogP contribution in [-0.4, -0.2) is 24.2 Å². The summed E-state index contributed by atoms with van der Waals surface area (Å²) in [4.78, 5) is 24.5. The molecule has 0 aliphatic carbocycles. The maximum atomic E-state index is 12.2. The van der Waals surface area contributed by atoms with Gasteiger partial charge in [-0.1, -0.05) is 11.6 Å². The third kappa shape index (κ3) is 5.01. The van der Waals surface area contributed by atoms with E-state index in [0.29, 0.717) is 16.3 Å². The first kappa shape index (κ1) is 17.4. The van der Waals surface area contributed by atoms with E-state index in [0.717, 1.165) is 4.90 Å². The van der Waals surface area contributed by atoms with E-state index in [1.54, 1.807) is 36.4 Å². The zero-order chi connectivity index (χ0) is 16.8. The number of hydrogen-bond donors (Lipinski definition) is 1. The number of thioether (sulfide) groups is 1. The SMILES string of the molecule is COC(=O)c1ccc(NC(=O)[C@H](C)Sc2ccc(Cl)cc2)cc1. The van der Waals surface area contributed by atoms with Gasteiger partial charge in [0.1, 0.15) is 0 Å². The Morgan fingerprint density at radius 1 is 1.09 bits per heavy atom. The van der Waals surface area contributed by atoms with Crippen LogP contribution in [0.2, 0.25) is 5.02 Å². The van der Waals surface area contributed by atoms with Gasteiger partial charge in [-0.2, -0.15) is 0 Å². The van der Waals surface area contributed by atoms with E-state index < -0.39 is 5.97 Å². The number of rotatable bonds is 5. The fraction of sp³-hybridized carbons (Fsp3) is 0.176. The Bertz CT molecular complexity index is 686. The van der Waals surface area contributed by atoms with Crippen LogP contribution in [0.5, 0.6) is 0 Å². The minimum absolute atomic E-state index is 0.115. The third-order valence-electron chi connectivity index (χ3n) is 3.07. The summed E-state index contributed by atoms with van der Waals surface area (Å²) in [6.45, 7) is 1.83. The number of nitrogens with one attached hydrogen (secondary N) is 1. The summed E-state index contributed by atoms with van der Waals surface area (Å²) in [6, 6.07) is 13.9. The number of halogens is 1. The fourth-order valence-corrected chi connectivity index (χ4v) is 2.82. The summed E-state index contributed by atoms with van der Waals surface area (Å²) in [5.74, 6) is -0.523. The zero-order valence-electron chi connectivity index (χ0n) is 12.7. The van der Waals surface area contributed by atoms with Crippen LogP contribution in [0.1, 0.15) is 17.3 Å². The van der Waals surface area contributed by atoms with Crippen LogP contribution < -0.4 is 5.32 Å². The Labute approximate surface area is 144 Å². The van der Waals surface area contributed by atoms with Crippen LogP contribution in [-0.2, 0) is 9.53 Å². The summed E-state index contributed by atoms with van der Waals surface area (Å²) in [5, 5.41) is 3.22. The van der Waals surface area contributed by atoms with E-state index in [1.165, 1.54) is 18.9 Å². The molecule has 0 unspecified atom stereocenters. The quantitative estimate of drug-likeness (QED) is 0.647. The molecule has 0 radical (unpaired) electrons. The van der Waals surface area contributed by atoms with Gasteiger partial charge in [0.05, 0.1) is 17.9 Å². The van der Waals surface area contributed by atoms with Crippen molar-refractivity contribution in [1.29, 1.82) is 0 Å². The molecule has 120 valence electrons. The molecule has 0 spiro atoms. The van der Waals surface area contributed by atoms with Gasteiger partial charge in [0.2, 0.25) is 5.91 Å². The highest BCUT2D eigenvalue weighted by Crippen LogP contribution is 2.25. The summed E-state index contributed by atoms with van der Waals surface area (Å²) < 4.78 is 4.63. The maximum Gasteiger partial charge on any atom is 0.337 e. The standard InChI is InChI=1S/C17H16ClNO3S/c1-11(23-15-9-5-13(18)6-10-15)16(20)19-14-7-3-12(4-8-14)17(21)22-2/h3-11H,1-2H3,(H,19,20)/t11-/m0/s1. The smallest absolute Gasteiger partial charge is 0.337 e. The highest BCUT2D eigenvalue weighted by Gasteiger charge is 2.15. The van der Waals surface area contributed by atoms with E-state index in [9.17, 15) is 9.59 Å². The Kier molecular flexibility index (Phi) is 6.07. The molecule has 0 aliphatic rings. The minimum Gasteiger partial charge on any atom is -0.465 e. The molecule has 0 aromatic heterocycles. The van der Waals surface area contributed by atoms with Crippen molar-refractivity contribution in [3.63, 3.8) is 0 Å². The second-order valence-electron chi connectivity index (χ2n) is 4.77. The van der Waals surface area contributed by atoms with Crippen LogP contribution in [0, 0.1) is 0 Å². The predicted octanol–water partition coefficient (Wildman–Crippen LogP) is 4.25.